The zero-order chi connectivity index (χ0) is 21.5. The summed E-state index contributed by atoms with van der Waals surface area (Å²) in [6.07, 6.45) is 6.66. The van der Waals surface area contributed by atoms with E-state index in [4.69, 9.17) is 0 Å². The molecule has 1 atom stereocenters. The molecule has 7 nitrogen and oxygen atoms in total. The lowest BCUT2D eigenvalue weighted by Gasteiger charge is -2.21. The summed E-state index contributed by atoms with van der Waals surface area (Å²) in [6.45, 7) is 3.71. The Hall–Kier alpha value is -3.87. The second-order valence-corrected chi connectivity index (χ2v) is 7.94. The minimum atomic E-state index is -0.287. The molecule has 3 aromatic heterocycles. The molecule has 3 heterocycles. The number of Topliss-reactive ketones (excluding diaryl/α,β-unsaturated/α-hetero) is 1. The van der Waals surface area contributed by atoms with Crippen LogP contribution in [-0.4, -0.2) is 30.5 Å². The average molecular weight is 411 g/mol. The fourth-order valence-corrected chi connectivity index (χ4v) is 4.16. The van der Waals surface area contributed by atoms with Crippen LogP contribution in [0.4, 0.5) is 0 Å². The first-order valence-corrected chi connectivity index (χ1v) is 10.2. The molecule has 0 saturated heterocycles. The third kappa shape index (κ3) is 3.48. The average Bonchev–Trinajstić information content (AvgIpc) is 3.09. The van der Waals surface area contributed by atoms with Crippen molar-refractivity contribution in [2.45, 2.75) is 26.7 Å². The molecule has 7 heteroatoms. The highest BCUT2D eigenvalue weighted by atomic mass is 16.1. The van der Waals surface area contributed by atoms with Crippen LogP contribution in [0.1, 0.15) is 39.3 Å². The first-order chi connectivity index (χ1) is 15.0. The molecule has 154 valence electrons. The van der Waals surface area contributed by atoms with Crippen molar-refractivity contribution in [3.63, 3.8) is 0 Å². The molecule has 0 aliphatic heterocycles. The molecule has 1 aliphatic carbocycles. The number of hydrogen-bond acceptors (Lipinski definition) is 5. The zero-order valence-electron chi connectivity index (χ0n) is 17.3. The Morgan fingerprint density at radius 3 is 2.55 bits per heavy atom. The Morgan fingerprint density at radius 2 is 1.81 bits per heavy atom. The van der Waals surface area contributed by atoms with E-state index in [0.29, 0.717) is 29.4 Å². The number of allylic oxidation sites excluding steroid dienone is 1. The smallest absolute Gasteiger partial charge is 0.283 e. The minimum absolute atomic E-state index is 0.00756. The van der Waals surface area contributed by atoms with Gasteiger partial charge in [-0.2, -0.15) is 4.68 Å². The van der Waals surface area contributed by atoms with Crippen LogP contribution in [0.2, 0.25) is 0 Å². The maximum atomic E-state index is 13.3. The number of aryl methyl sites for hydroxylation is 2. The molecule has 0 saturated carbocycles. The van der Waals surface area contributed by atoms with Gasteiger partial charge < -0.3 is 0 Å². The molecule has 1 N–H and O–H groups in total. The second-order valence-electron chi connectivity index (χ2n) is 7.94. The third-order valence-electron chi connectivity index (χ3n) is 5.57. The van der Waals surface area contributed by atoms with Gasteiger partial charge in [-0.15, -0.1) is 0 Å². The molecule has 0 amide bonds. The van der Waals surface area contributed by atoms with Gasteiger partial charge in [0.1, 0.15) is 0 Å². The molecule has 0 fully saturated rings. The maximum Gasteiger partial charge on any atom is 0.283 e. The number of benzene rings is 1. The monoisotopic (exact) mass is 411 g/mol. The largest absolute Gasteiger partial charge is 0.294 e. The van der Waals surface area contributed by atoms with Crippen molar-refractivity contribution < 1.29 is 4.79 Å². The number of nitrogens with one attached hydrogen (secondary N) is 1. The Kier molecular flexibility index (Phi) is 4.58. The molecule has 1 aromatic carbocycles. The SMILES string of the molecule is Cc1cc(C)nc(-n2[nH]c3ncc4c(c3c2=O)C[C@@H](/C=C/c2ccccc2)CC4=O)n1. The number of rotatable bonds is 3. The van der Waals surface area contributed by atoms with Crippen molar-refractivity contribution in [2.75, 3.05) is 0 Å². The van der Waals surface area contributed by atoms with Gasteiger partial charge in [-0.05, 0) is 43.4 Å². The van der Waals surface area contributed by atoms with Gasteiger partial charge in [-0.25, -0.2) is 15.0 Å². The van der Waals surface area contributed by atoms with E-state index in [2.05, 4.69) is 26.1 Å². The van der Waals surface area contributed by atoms with Crippen LogP contribution < -0.4 is 5.56 Å². The molecule has 5 rings (SSSR count). The Labute approximate surface area is 178 Å². The molecule has 1 aliphatic rings. The quantitative estimate of drug-likeness (QED) is 0.556. The van der Waals surface area contributed by atoms with Crippen LogP contribution in [-0.2, 0) is 6.42 Å². The lowest BCUT2D eigenvalue weighted by Crippen LogP contribution is -2.22. The third-order valence-corrected chi connectivity index (χ3v) is 5.57. The number of fused-ring (bicyclic) bond motifs is 3. The molecule has 0 bridgehead atoms. The van der Waals surface area contributed by atoms with E-state index >= 15 is 0 Å². The molecular formula is C24H21N5O2. The summed E-state index contributed by atoms with van der Waals surface area (Å²) < 4.78 is 1.31. The molecule has 31 heavy (non-hydrogen) atoms. The normalized spacial score (nSPS) is 16.2. The highest BCUT2D eigenvalue weighted by molar-refractivity contribution is 6.02. The van der Waals surface area contributed by atoms with Crippen LogP contribution in [0, 0.1) is 19.8 Å². The van der Waals surface area contributed by atoms with E-state index in [9.17, 15) is 9.59 Å². The number of aromatic nitrogens is 5. The standard InChI is InChI=1S/C24H21N5O2/c1-14-10-15(2)27-24(26-14)29-23(31)21-18-11-17(9-8-16-6-4-3-5-7-16)12-20(30)19(18)13-25-22(21)28-29/h3-10,13,17H,11-12H2,1-2H3,(H,25,28)/b9-8+/t17-/m1/s1. The number of carbonyl (C=O) groups excluding carboxylic acids is 1. The van der Waals surface area contributed by atoms with Crippen LogP contribution in [0.5, 0.6) is 0 Å². The van der Waals surface area contributed by atoms with Gasteiger partial charge in [0.2, 0.25) is 0 Å². The van der Waals surface area contributed by atoms with E-state index in [1.54, 1.807) is 6.20 Å². The van der Waals surface area contributed by atoms with Gasteiger partial charge in [0.15, 0.2) is 11.4 Å². The molecule has 4 aromatic rings. The van der Waals surface area contributed by atoms with Gasteiger partial charge in [0, 0.05) is 29.6 Å². The summed E-state index contributed by atoms with van der Waals surface area (Å²) in [7, 11) is 0. The number of ketones is 1. The fraction of sp³-hybridized carbons (Fsp3) is 0.208. The van der Waals surface area contributed by atoms with Crippen molar-refractivity contribution in [2.24, 2.45) is 5.92 Å². The van der Waals surface area contributed by atoms with E-state index in [1.165, 1.54) is 4.68 Å². The number of hydrogen-bond donors (Lipinski definition) is 1. The van der Waals surface area contributed by atoms with Crippen LogP contribution in [0.25, 0.3) is 23.1 Å². The maximum absolute atomic E-state index is 13.3. The summed E-state index contributed by atoms with van der Waals surface area (Å²) in [4.78, 5) is 39.2. The summed E-state index contributed by atoms with van der Waals surface area (Å²) >= 11 is 0. The summed E-state index contributed by atoms with van der Waals surface area (Å²) in [6, 6.07) is 11.8. The summed E-state index contributed by atoms with van der Waals surface area (Å²) in [5.41, 5.74) is 4.04. The van der Waals surface area contributed by atoms with Crippen LogP contribution in [0.15, 0.2) is 53.5 Å². The fourth-order valence-electron chi connectivity index (χ4n) is 4.16. The number of H-pyrrole nitrogens is 1. The number of aromatic amines is 1. The predicted molar refractivity (Wildman–Crippen MR) is 118 cm³/mol. The van der Waals surface area contributed by atoms with Gasteiger partial charge in [-0.3, -0.25) is 14.7 Å². The Morgan fingerprint density at radius 1 is 1.06 bits per heavy atom. The number of pyridine rings is 1. The van der Waals surface area contributed by atoms with Crippen LogP contribution >= 0.6 is 0 Å². The van der Waals surface area contributed by atoms with Crippen molar-refractivity contribution in [1.82, 2.24) is 24.7 Å². The van der Waals surface area contributed by atoms with Crippen molar-refractivity contribution >= 4 is 22.9 Å². The minimum Gasteiger partial charge on any atom is -0.294 e. The summed E-state index contributed by atoms with van der Waals surface area (Å²) in [5.74, 6) is 0.302. The Bertz CT molecular complexity index is 1380. The van der Waals surface area contributed by atoms with Gasteiger partial charge >= 0.3 is 0 Å². The van der Waals surface area contributed by atoms with E-state index < -0.39 is 0 Å². The predicted octanol–water partition coefficient (Wildman–Crippen LogP) is 3.58. The van der Waals surface area contributed by atoms with E-state index in [-0.39, 0.29) is 23.2 Å². The molecular weight excluding hydrogens is 390 g/mol. The van der Waals surface area contributed by atoms with E-state index in [0.717, 1.165) is 22.5 Å². The number of nitrogens with zero attached hydrogens (tertiary/aromatic N) is 4. The Balaban J connectivity index is 1.59. The second kappa shape index (κ2) is 7.43. The van der Waals surface area contributed by atoms with Crippen molar-refractivity contribution in [1.29, 1.82) is 0 Å². The number of carbonyl (C=O) groups is 1. The van der Waals surface area contributed by atoms with Crippen molar-refractivity contribution in [3.05, 3.63) is 87.1 Å². The summed E-state index contributed by atoms with van der Waals surface area (Å²) in [5, 5.41) is 3.45. The zero-order valence-corrected chi connectivity index (χ0v) is 17.3. The first kappa shape index (κ1) is 19.1. The van der Waals surface area contributed by atoms with Crippen molar-refractivity contribution in [3.8, 4) is 5.95 Å². The van der Waals surface area contributed by atoms with Gasteiger partial charge in [0.25, 0.3) is 11.5 Å². The molecule has 0 radical (unpaired) electrons. The topological polar surface area (TPSA) is 93.5 Å². The van der Waals surface area contributed by atoms with Gasteiger partial charge in [-0.1, -0.05) is 42.5 Å². The highest BCUT2D eigenvalue weighted by Crippen LogP contribution is 2.30. The highest BCUT2D eigenvalue weighted by Gasteiger charge is 2.28. The van der Waals surface area contributed by atoms with E-state index in [1.807, 2.05) is 56.3 Å². The first-order valence-electron chi connectivity index (χ1n) is 10.2. The van der Waals surface area contributed by atoms with Crippen LogP contribution in [0.3, 0.4) is 0 Å². The molecule has 0 unspecified atom stereocenters. The lowest BCUT2D eigenvalue weighted by molar-refractivity contribution is 0.0959. The lowest BCUT2D eigenvalue weighted by atomic mass is 9.82. The molecule has 0 spiro atoms. The van der Waals surface area contributed by atoms with Gasteiger partial charge in [0.05, 0.1) is 5.39 Å².